The van der Waals surface area contributed by atoms with Gasteiger partial charge in [0.25, 0.3) is 5.91 Å². The Bertz CT molecular complexity index is 431. The first-order valence-corrected chi connectivity index (χ1v) is 6.33. The van der Waals surface area contributed by atoms with Crippen LogP contribution in [0.2, 0.25) is 0 Å². The standard InChI is InChI=1S/C15H25N3O/c1-9(2)11(5)8-17-14(12(6)10(3)4)15(19)18-13(7)16/h8-9,11H,3,7,16H2,1-2,4-6H3,(H,18,19)/b14-12+,17-8-. The Hall–Kier alpha value is -1.84. The second kappa shape index (κ2) is 7.56. The fraction of sp³-hybridized carbons (Fsp3) is 0.467. The summed E-state index contributed by atoms with van der Waals surface area (Å²) < 4.78 is 0. The molecule has 0 radical (unpaired) electrons. The molecule has 0 aromatic heterocycles. The molecule has 19 heavy (non-hydrogen) atoms. The third kappa shape index (κ3) is 6.04. The molecule has 0 rings (SSSR count). The van der Waals surface area contributed by atoms with Gasteiger partial charge in [0.05, 0.1) is 5.82 Å². The molecule has 0 heterocycles. The van der Waals surface area contributed by atoms with Crippen LogP contribution in [0.1, 0.15) is 34.6 Å². The van der Waals surface area contributed by atoms with Crippen molar-refractivity contribution < 1.29 is 4.79 Å². The van der Waals surface area contributed by atoms with Crippen LogP contribution in [0.3, 0.4) is 0 Å². The highest BCUT2D eigenvalue weighted by molar-refractivity contribution is 5.96. The van der Waals surface area contributed by atoms with E-state index in [0.717, 1.165) is 11.1 Å². The number of carbonyl (C=O) groups is 1. The van der Waals surface area contributed by atoms with Crippen molar-refractivity contribution in [1.82, 2.24) is 5.32 Å². The Morgan fingerprint density at radius 2 is 1.79 bits per heavy atom. The molecule has 1 amide bonds. The highest BCUT2D eigenvalue weighted by Crippen LogP contribution is 2.15. The molecule has 0 saturated heterocycles. The molecule has 0 aromatic carbocycles. The minimum absolute atomic E-state index is 0.101. The van der Waals surface area contributed by atoms with Crippen LogP contribution in [0.5, 0.6) is 0 Å². The van der Waals surface area contributed by atoms with Crippen molar-refractivity contribution in [3.8, 4) is 0 Å². The van der Waals surface area contributed by atoms with E-state index in [1.807, 2.05) is 13.8 Å². The number of allylic oxidation sites excluding steroid dienone is 2. The van der Waals surface area contributed by atoms with Crippen molar-refractivity contribution in [1.29, 1.82) is 0 Å². The van der Waals surface area contributed by atoms with E-state index in [1.165, 1.54) is 0 Å². The predicted molar refractivity (Wildman–Crippen MR) is 81.5 cm³/mol. The Morgan fingerprint density at radius 3 is 2.16 bits per heavy atom. The summed E-state index contributed by atoms with van der Waals surface area (Å²) in [6.45, 7) is 17.2. The second-order valence-electron chi connectivity index (χ2n) is 5.11. The Morgan fingerprint density at radius 1 is 1.26 bits per heavy atom. The van der Waals surface area contributed by atoms with Gasteiger partial charge in [-0.2, -0.15) is 0 Å². The summed E-state index contributed by atoms with van der Waals surface area (Å²) in [6, 6.07) is 0. The normalized spacial score (nSPS) is 14.2. The molecule has 3 N–H and O–H groups in total. The van der Waals surface area contributed by atoms with Crippen LogP contribution in [0.15, 0.2) is 40.8 Å². The number of rotatable bonds is 6. The zero-order valence-corrected chi connectivity index (χ0v) is 12.6. The number of hydrogen-bond acceptors (Lipinski definition) is 3. The third-order valence-corrected chi connectivity index (χ3v) is 2.97. The lowest BCUT2D eigenvalue weighted by Gasteiger charge is -2.12. The molecule has 0 spiro atoms. The van der Waals surface area contributed by atoms with Crippen molar-refractivity contribution in [2.45, 2.75) is 34.6 Å². The minimum atomic E-state index is -0.361. The van der Waals surface area contributed by atoms with Gasteiger partial charge in [-0.1, -0.05) is 39.5 Å². The lowest BCUT2D eigenvalue weighted by Crippen LogP contribution is -2.28. The molecular weight excluding hydrogens is 238 g/mol. The van der Waals surface area contributed by atoms with Gasteiger partial charge in [0.2, 0.25) is 0 Å². The van der Waals surface area contributed by atoms with Crippen LogP contribution in [-0.2, 0) is 4.79 Å². The van der Waals surface area contributed by atoms with Gasteiger partial charge in [0, 0.05) is 6.21 Å². The number of amides is 1. The van der Waals surface area contributed by atoms with Gasteiger partial charge >= 0.3 is 0 Å². The van der Waals surface area contributed by atoms with Crippen LogP contribution in [0.25, 0.3) is 0 Å². The molecule has 0 fully saturated rings. The lowest BCUT2D eigenvalue weighted by atomic mass is 9.99. The molecule has 4 heteroatoms. The first kappa shape index (κ1) is 17.2. The van der Waals surface area contributed by atoms with Crippen LogP contribution in [0, 0.1) is 11.8 Å². The molecule has 0 saturated carbocycles. The molecule has 1 atom stereocenters. The van der Waals surface area contributed by atoms with E-state index in [9.17, 15) is 4.79 Å². The van der Waals surface area contributed by atoms with Gasteiger partial charge < -0.3 is 11.1 Å². The minimum Gasteiger partial charge on any atom is -0.386 e. The van der Waals surface area contributed by atoms with Crippen molar-refractivity contribution in [3.63, 3.8) is 0 Å². The average Bonchev–Trinajstić information content (AvgIpc) is 2.27. The van der Waals surface area contributed by atoms with E-state index >= 15 is 0 Å². The Balaban J connectivity index is 5.33. The maximum Gasteiger partial charge on any atom is 0.275 e. The monoisotopic (exact) mass is 263 g/mol. The van der Waals surface area contributed by atoms with Crippen LogP contribution >= 0.6 is 0 Å². The summed E-state index contributed by atoms with van der Waals surface area (Å²) in [5.74, 6) is 0.480. The summed E-state index contributed by atoms with van der Waals surface area (Å²) >= 11 is 0. The lowest BCUT2D eigenvalue weighted by molar-refractivity contribution is -0.116. The van der Waals surface area contributed by atoms with E-state index in [0.29, 0.717) is 11.6 Å². The van der Waals surface area contributed by atoms with Crippen LogP contribution in [-0.4, -0.2) is 12.1 Å². The smallest absolute Gasteiger partial charge is 0.275 e. The molecule has 0 aromatic rings. The number of nitrogens with two attached hydrogens (primary N) is 1. The Kier molecular flexibility index (Phi) is 6.83. The first-order chi connectivity index (χ1) is 8.66. The van der Waals surface area contributed by atoms with E-state index in [-0.39, 0.29) is 17.6 Å². The number of aliphatic imine (C=N–C) groups is 1. The summed E-state index contributed by atoms with van der Waals surface area (Å²) in [5, 5.41) is 2.46. The average molecular weight is 263 g/mol. The predicted octanol–water partition coefficient (Wildman–Crippen LogP) is 2.75. The number of carbonyl (C=O) groups excluding carboxylic acids is 1. The molecule has 0 aliphatic heterocycles. The molecule has 106 valence electrons. The van der Waals surface area contributed by atoms with E-state index in [2.05, 4.69) is 44.2 Å². The quantitative estimate of drug-likeness (QED) is 0.439. The number of nitrogens with one attached hydrogen (secondary N) is 1. The fourth-order valence-electron chi connectivity index (χ4n) is 1.10. The van der Waals surface area contributed by atoms with E-state index in [1.54, 1.807) is 6.21 Å². The number of nitrogens with zero attached hydrogens (tertiary/aromatic N) is 1. The molecule has 0 aliphatic carbocycles. The summed E-state index contributed by atoms with van der Waals surface area (Å²) in [4.78, 5) is 16.3. The van der Waals surface area contributed by atoms with Crippen molar-refractivity contribution in [3.05, 3.63) is 35.8 Å². The molecule has 1 unspecified atom stereocenters. The highest BCUT2D eigenvalue weighted by atomic mass is 16.2. The molecule has 4 nitrogen and oxygen atoms in total. The largest absolute Gasteiger partial charge is 0.386 e. The fourth-order valence-corrected chi connectivity index (χ4v) is 1.10. The van der Waals surface area contributed by atoms with Crippen molar-refractivity contribution in [2.75, 3.05) is 0 Å². The third-order valence-electron chi connectivity index (χ3n) is 2.97. The molecule has 0 aliphatic rings. The highest BCUT2D eigenvalue weighted by Gasteiger charge is 2.13. The van der Waals surface area contributed by atoms with E-state index in [4.69, 9.17) is 5.73 Å². The summed E-state index contributed by atoms with van der Waals surface area (Å²) in [7, 11) is 0. The van der Waals surface area contributed by atoms with Gasteiger partial charge in [-0.15, -0.1) is 0 Å². The maximum atomic E-state index is 12.0. The van der Waals surface area contributed by atoms with Gasteiger partial charge in [-0.05, 0) is 31.3 Å². The Labute approximate surface area is 116 Å². The van der Waals surface area contributed by atoms with Gasteiger partial charge in [0.1, 0.15) is 5.70 Å². The van der Waals surface area contributed by atoms with Crippen molar-refractivity contribution in [2.24, 2.45) is 22.6 Å². The summed E-state index contributed by atoms with van der Waals surface area (Å²) in [5.41, 5.74) is 7.25. The van der Waals surface area contributed by atoms with E-state index < -0.39 is 0 Å². The molecular formula is C15H25N3O. The van der Waals surface area contributed by atoms with Crippen molar-refractivity contribution >= 4 is 12.1 Å². The first-order valence-electron chi connectivity index (χ1n) is 6.33. The zero-order chi connectivity index (χ0) is 15.2. The van der Waals surface area contributed by atoms with Crippen LogP contribution < -0.4 is 11.1 Å². The topological polar surface area (TPSA) is 67.5 Å². The number of hydrogen-bond donors (Lipinski definition) is 2. The van der Waals surface area contributed by atoms with Crippen LogP contribution in [0.4, 0.5) is 0 Å². The SMILES string of the molecule is C=C(N)NC(=O)C(/N=C\C(C)C(C)C)=C(/C)C(=C)C. The second-order valence-corrected chi connectivity index (χ2v) is 5.11. The zero-order valence-electron chi connectivity index (χ0n) is 12.6. The van der Waals surface area contributed by atoms with Gasteiger partial charge in [0.15, 0.2) is 0 Å². The van der Waals surface area contributed by atoms with Gasteiger partial charge in [-0.25, -0.2) is 0 Å². The summed E-state index contributed by atoms with van der Waals surface area (Å²) in [6.07, 6.45) is 1.78. The van der Waals surface area contributed by atoms with Gasteiger partial charge in [-0.3, -0.25) is 9.79 Å². The maximum absolute atomic E-state index is 12.0. The molecule has 0 bridgehead atoms.